The summed E-state index contributed by atoms with van der Waals surface area (Å²) >= 11 is 0. The Labute approximate surface area is 158 Å². The van der Waals surface area contributed by atoms with Gasteiger partial charge in [-0.1, -0.05) is 6.07 Å². The third-order valence-electron chi connectivity index (χ3n) is 5.61. The summed E-state index contributed by atoms with van der Waals surface area (Å²) in [5.74, 6) is 1.51. The number of anilines is 1. The predicted octanol–water partition coefficient (Wildman–Crippen LogP) is 2.88. The van der Waals surface area contributed by atoms with Crippen LogP contribution >= 0.6 is 0 Å². The number of nitrogens with zero attached hydrogens (tertiary/aromatic N) is 5. The molecule has 2 aliphatic rings. The van der Waals surface area contributed by atoms with Crippen LogP contribution in [0.25, 0.3) is 16.8 Å². The Morgan fingerprint density at radius 3 is 2.81 bits per heavy atom. The summed E-state index contributed by atoms with van der Waals surface area (Å²) in [7, 11) is 2.14. The molecule has 140 valence electrons. The van der Waals surface area contributed by atoms with Crippen LogP contribution in [0.3, 0.4) is 0 Å². The lowest BCUT2D eigenvalue weighted by atomic mass is 10.0. The number of phenols is 1. The zero-order chi connectivity index (χ0) is 18.4. The first-order valence-electron chi connectivity index (χ1n) is 9.68. The van der Waals surface area contributed by atoms with Crippen LogP contribution < -0.4 is 5.32 Å². The van der Waals surface area contributed by atoms with Crippen LogP contribution in [0.2, 0.25) is 0 Å². The van der Waals surface area contributed by atoms with Gasteiger partial charge in [0.15, 0.2) is 0 Å². The molecule has 0 spiro atoms. The molecule has 0 unspecified atom stereocenters. The lowest BCUT2D eigenvalue weighted by Crippen LogP contribution is -2.40. The Kier molecular flexibility index (Phi) is 3.97. The lowest BCUT2D eigenvalue weighted by molar-refractivity contribution is 0.260. The van der Waals surface area contributed by atoms with E-state index in [-0.39, 0.29) is 5.75 Å². The molecule has 2 aromatic heterocycles. The number of aromatic nitrogens is 4. The van der Waals surface area contributed by atoms with Crippen molar-refractivity contribution in [3.63, 3.8) is 0 Å². The minimum Gasteiger partial charge on any atom is -0.507 e. The highest BCUT2D eigenvalue weighted by Gasteiger charge is 2.25. The molecule has 3 heterocycles. The number of aromatic hydroxyl groups is 1. The number of hydrogen-bond acceptors (Lipinski definition) is 6. The third-order valence-corrected chi connectivity index (χ3v) is 5.61. The second-order valence-electron chi connectivity index (χ2n) is 7.80. The minimum atomic E-state index is 0.256. The van der Waals surface area contributed by atoms with E-state index < -0.39 is 0 Å². The Balaban J connectivity index is 1.49. The summed E-state index contributed by atoms with van der Waals surface area (Å²) < 4.78 is 1.78. The fraction of sp³-hybridized carbons (Fsp3) is 0.450. The number of piperidine rings is 1. The fourth-order valence-electron chi connectivity index (χ4n) is 4.01. The molecule has 7 nitrogen and oxygen atoms in total. The molecule has 3 aromatic rings. The molecule has 5 rings (SSSR count). The van der Waals surface area contributed by atoms with E-state index >= 15 is 0 Å². The van der Waals surface area contributed by atoms with E-state index in [1.807, 2.05) is 18.2 Å². The maximum absolute atomic E-state index is 10.6. The lowest BCUT2D eigenvalue weighted by Gasteiger charge is -2.30. The average Bonchev–Trinajstić information content (AvgIpc) is 3.39. The molecule has 0 bridgehead atoms. The fourth-order valence-corrected chi connectivity index (χ4v) is 4.01. The number of phenolic OH excluding ortho intramolecular Hbond substituents is 1. The number of rotatable bonds is 4. The number of likely N-dealkylation sites (tertiary alicyclic amines) is 1. The van der Waals surface area contributed by atoms with Gasteiger partial charge in [-0.15, -0.1) is 10.2 Å². The molecule has 1 aliphatic carbocycles. The molecule has 1 saturated heterocycles. The van der Waals surface area contributed by atoms with Crippen LogP contribution in [-0.4, -0.2) is 56.0 Å². The molecule has 1 atom stereocenters. The average molecular weight is 364 g/mol. The monoisotopic (exact) mass is 364 g/mol. The quantitative estimate of drug-likeness (QED) is 0.741. The molecular formula is C20H24N6O. The maximum atomic E-state index is 10.6. The minimum absolute atomic E-state index is 0.256. The van der Waals surface area contributed by atoms with Crippen molar-refractivity contribution in [2.45, 2.75) is 37.6 Å². The first-order valence-corrected chi connectivity index (χ1v) is 9.68. The first-order chi connectivity index (χ1) is 13.2. The van der Waals surface area contributed by atoms with Gasteiger partial charge in [-0.05, 0) is 69.0 Å². The summed E-state index contributed by atoms with van der Waals surface area (Å²) in [5, 5.41) is 27.3. The zero-order valence-corrected chi connectivity index (χ0v) is 15.5. The van der Waals surface area contributed by atoms with Crippen LogP contribution in [0.5, 0.6) is 5.75 Å². The van der Waals surface area contributed by atoms with Crippen molar-refractivity contribution < 1.29 is 5.11 Å². The molecular weight excluding hydrogens is 340 g/mol. The number of likely N-dealkylation sites (N-methyl/N-ethyl adjacent to an activating group) is 1. The van der Waals surface area contributed by atoms with Crippen molar-refractivity contribution in [2.24, 2.45) is 0 Å². The van der Waals surface area contributed by atoms with Crippen LogP contribution in [0.1, 0.15) is 37.2 Å². The number of benzene rings is 1. The van der Waals surface area contributed by atoms with Crippen LogP contribution in [0, 0.1) is 0 Å². The van der Waals surface area contributed by atoms with Gasteiger partial charge >= 0.3 is 0 Å². The molecule has 1 saturated carbocycles. The van der Waals surface area contributed by atoms with E-state index in [9.17, 15) is 5.11 Å². The molecule has 1 aromatic carbocycles. The summed E-state index contributed by atoms with van der Waals surface area (Å²) in [4.78, 5) is 2.32. The van der Waals surface area contributed by atoms with Crippen molar-refractivity contribution in [3.05, 3.63) is 36.0 Å². The van der Waals surface area contributed by atoms with Gasteiger partial charge in [0.1, 0.15) is 11.4 Å². The maximum Gasteiger partial charge on any atom is 0.244 e. The van der Waals surface area contributed by atoms with Crippen LogP contribution in [0.4, 0.5) is 5.95 Å². The van der Waals surface area contributed by atoms with Gasteiger partial charge in [0, 0.05) is 18.2 Å². The van der Waals surface area contributed by atoms with Crippen LogP contribution in [-0.2, 0) is 0 Å². The van der Waals surface area contributed by atoms with Crippen molar-refractivity contribution in [3.8, 4) is 17.0 Å². The normalized spacial score (nSPS) is 20.9. The predicted molar refractivity (Wildman–Crippen MR) is 104 cm³/mol. The highest BCUT2D eigenvalue weighted by Crippen LogP contribution is 2.43. The summed E-state index contributed by atoms with van der Waals surface area (Å²) in [6, 6.07) is 8.15. The molecule has 7 heteroatoms. The van der Waals surface area contributed by atoms with Gasteiger partial charge in [0.25, 0.3) is 0 Å². The van der Waals surface area contributed by atoms with Gasteiger partial charge in [0.05, 0.1) is 11.7 Å². The molecule has 2 fully saturated rings. The van der Waals surface area contributed by atoms with Gasteiger partial charge in [-0.25, -0.2) is 0 Å². The molecule has 27 heavy (non-hydrogen) atoms. The summed E-state index contributed by atoms with van der Waals surface area (Å²) in [5.41, 5.74) is 3.39. The standard InChI is InChI=1S/C20H24N6O/c1-25-10-2-3-15(12-25)22-20-24-23-19(17-8-9-21-26(17)20)16-7-6-14(11-18(16)27)13-4-5-13/h6-9,11,13,15,27H,2-5,10,12H2,1H3,(H,22,24)/t15-/m1/s1. The second-order valence-corrected chi connectivity index (χ2v) is 7.80. The Morgan fingerprint density at radius 1 is 1.15 bits per heavy atom. The van der Waals surface area contributed by atoms with Crippen molar-refractivity contribution >= 4 is 11.5 Å². The zero-order valence-electron chi connectivity index (χ0n) is 15.5. The molecule has 0 radical (unpaired) electrons. The van der Waals surface area contributed by atoms with Crippen molar-refractivity contribution in [2.75, 3.05) is 25.5 Å². The van der Waals surface area contributed by atoms with E-state index in [4.69, 9.17) is 0 Å². The molecule has 2 N–H and O–H groups in total. The first kappa shape index (κ1) is 16.5. The van der Waals surface area contributed by atoms with E-state index in [1.165, 1.54) is 24.8 Å². The summed E-state index contributed by atoms with van der Waals surface area (Å²) in [6.07, 6.45) is 6.45. The summed E-state index contributed by atoms with van der Waals surface area (Å²) in [6.45, 7) is 2.12. The molecule has 1 aliphatic heterocycles. The number of fused-ring (bicyclic) bond motifs is 1. The van der Waals surface area contributed by atoms with Gasteiger partial charge in [-0.3, -0.25) is 0 Å². The van der Waals surface area contributed by atoms with Gasteiger partial charge in [0.2, 0.25) is 5.95 Å². The van der Waals surface area contributed by atoms with E-state index in [0.29, 0.717) is 29.2 Å². The van der Waals surface area contributed by atoms with Gasteiger partial charge in [-0.2, -0.15) is 9.61 Å². The van der Waals surface area contributed by atoms with Crippen molar-refractivity contribution in [1.29, 1.82) is 0 Å². The molecule has 0 amide bonds. The third kappa shape index (κ3) is 3.12. The Hall–Kier alpha value is -2.67. The van der Waals surface area contributed by atoms with E-state index in [1.54, 1.807) is 10.7 Å². The highest BCUT2D eigenvalue weighted by atomic mass is 16.3. The van der Waals surface area contributed by atoms with Crippen molar-refractivity contribution in [1.82, 2.24) is 24.7 Å². The largest absolute Gasteiger partial charge is 0.507 e. The second kappa shape index (κ2) is 6.49. The number of nitrogens with one attached hydrogen (secondary N) is 1. The SMILES string of the molecule is CN1CCC[C@@H](Nc2nnc(-c3ccc(C4CC4)cc3O)c3ccnn23)C1. The highest BCUT2D eigenvalue weighted by molar-refractivity contribution is 5.80. The topological polar surface area (TPSA) is 78.6 Å². The number of hydrogen-bond donors (Lipinski definition) is 2. The van der Waals surface area contributed by atoms with Crippen LogP contribution in [0.15, 0.2) is 30.5 Å². The van der Waals surface area contributed by atoms with E-state index in [0.717, 1.165) is 25.0 Å². The Bertz CT molecular complexity index is 980. The Morgan fingerprint density at radius 2 is 2.04 bits per heavy atom. The van der Waals surface area contributed by atoms with E-state index in [2.05, 4.69) is 38.6 Å². The van der Waals surface area contributed by atoms with Gasteiger partial charge < -0.3 is 15.3 Å². The smallest absolute Gasteiger partial charge is 0.244 e.